The van der Waals surface area contributed by atoms with E-state index in [0.717, 1.165) is 49.6 Å². The van der Waals surface area contributed by atoms with Crippen molar-refractivity contribution in [2.75, 3.05) is 33.0 Å². The minimum Gasteiger partial charge on any atom is -0.467 e. The largest absolute Gasteiger partial charge is 0.467 e. The molecule has 2 aliphatic rings. The molecule has 2 aliphatic heterocycles. The third kappa shape index (κ3) is 2.48. The Morgan fingerprint density at radius 2 is 2.11 bits per heavy atom. The van der Waals surface area contributed by atoms with Crippen molar-refractivity contribution in [2.45, 2.75) is 13.2 Å². The van der Waals surface area contributed by atoms with Gasteiger partial charge in [0.05, 0.1) is 6.61 Å². The highest BCUT2D eigenvalue weighted by molar-refractivity contribution is 5.42. The Hall–Kier alpha value is -1.17. The van der Waals surface area contributed by atoms with Gasteiger partial charge in [0.1, 0.15) is 11.6 Å². The Morgan fingerprint density at radius 3 is 2.94 bits per heavy atom. The normalized spacial score (nSPS) is 20.3. The average molecular weight is 252 g/mol. The summed E-state index contributed by atoms with van der Waals surface area (Å²) >= 11 is 0. The number of nitrogens with zero attached hydrogens (tertiary/aromatic N) is 1. The van der Waals surface area contributed by atoms with Crippen LogP contribution in [0.25, 0.3) is 0 Å². The molecule has 0 unspecified atom stereocenters. The summed E-state index contributed by atoms with van der Waals surface area (Å²) in [4.78, 5) is 2.31. The summed E-state index contributed by atoms with van der Waals surface area (Å²) in [7, 11) is 0. The Bertz CT molecular complexity index is 433. The summed E-state index contributed by atoms with van der Waals surface area (Å²) in [6, 6.07) is 3.07. The minimum atomic E-state index is -0.215. The molecule has 0 spiro atoms. The van der Waals surface area contributed by atoms with Crippen LogP contribution in [-0.2, 0) is 17.9 Å². The molecule has 1 aromatic carbocycles. The SMILES string of the molecule is Fc1cc2c(c(CN3CCNCC3)c1)OCOC2. The van der Waals surface area contributed by atoms with Crippen molar-refractivity contribution in [1.82, 2.24) is 10.2 Å². The Morgan fingerprint density at radius 1 is 1.28 bits per heavy atom. The lowest BCUT2D eigenvalue weighted by Gasteiger charge is -2.29. The van der Waals surface area contributed by atoms with Gasteiger partial charge in [-0.3, -0.25) is 4.90 Å². The van der Waals surface area contributed by atoms with Gasteiger partial charge in [-0.2, -0.15) is 0 Å². The van der Waals surface area contributed by atoms with Gasteiger partial charge in [-0.15, -0.1) is 0 Å². The Kier molecular flexibility index (Phi) is 3.45. The first kappa shape index (κ1) is 11.9. The maximum Gasteiger partial charge on any atom is 0.189 e. The lowest BCUT2D eigenvalue weighted by Crippen LogP contribution is -2.43. The van der Waals surface area contributed by atoms with Crippen LogP contribution >= 0.6 is 0 Å². The molecule has 3 rings (SSSR count). The van der Waals surface area contributed by atoms with Crippen molar-refractivity contribution >= 4 is 0 Å². The smallest absolute Gasteiger partial charge is 0.189 e. The van der Waals surface area contributed by atoms with E-state index in [0.29, 0.717) is 6.61 Å². The molecule has 4 nitrogen and oxygen atoms in total. The van der Waals surface area contributed by atoms with Gasteiger partial charge in [0.25, 0.3) is 0 Å². The number of fused-ring (bicyclic) bond motifs is 1. The molecule has 0 saturated carbocycles. The highest BCUT2D eigenvalue weighted by Crippen LogP contribution is 2.30. The maximum absolute atomic E-state index is 13.6. The quantitative estimate of drug-likeness (QED) is 0.854. The number of benzene rings is 1. The first-order chi connectivity index (χ1) is 8.83. The zero-order valence-corrected chi connectivity index (χ0v) is 10.2. The van der Waals surface area contributed by atoms with Gasteiger partial charge < -0.3 is 14.8 Å². The van der Waals surface area contributed by atoms with Gasteiger partial charge in [-0.05, 0) is 12.1 Å². The number of nitrogens with one attached hydrogen (secondary N) is 1. The second-order valence-electron chi connectivity index (χ2n) is 4.69. The van der Waals surface area contributed by atoms with Gasteiger partial charge in [0, 0.05) is 43.9 Å². The molecule has 0 aliphatic carbocycles. The first-order valence-electron chi connectivity index (χ1n) is 6.28. The monoisotopic (exact) mass is 252 g/mol. The van der Waals surface area contributed by atoms with E-state index in [9.17, 15) is 4.39 Å². The highest BCUT2D eigenvalue weighted by Gasteiger charge is 2.19. The van der Waals surface area contributed by atoms with E-state index in [2.05, 4.69) is 10.2 Å². The zero-order valence-electron chi connectivity index (χ0n) is 10.2. The van der Waals surface area contributed by atoms with Crippen LogP contribution in [0.15, 0.2) is 12.1 Å². The van der Waals surface area contributed by atoms with Gasteiger partial charge >= 0.3 is 0 Å². The second-order valence-corrected chi connectivity index (χ2v) is 4.69. The van der Waals surface area contributed by atoms with Crippen molar-refractivity contribution in [3.63, 3.8) is 0 Å². The molecule has 0 amide bonds. The predicted octanol–water partition coefficient (Wildman–Crippen LogP) is 1.10. The molecule has 1 saturated heterocycles. The molecule has 1 aromatic rings. The molecule has 2 heterocycles. The van der Waals surface area contributed by atoms with E-state index in [1.165, 1.54) is 6.07 Å². The predicted molar refractivity (Wildman–Crippen MR) is 64.8 cm³/mol. The standard InChI is InChI=1S/C13H17FN2O2/c14-12-5-10(7-16-3-1-15-2-4-16)13-11(6-12)8-17-9-18-13/h5-6,15H,1-4,7-9H2. The number of hydrogen-bond acceptors (Lipinski definition) is 4. The topological polar surface area (TPSA) is 33.7 Å². The van der Waals surface area contributed by atoms with Gasteiger partial charge in [-0.1, -0.05) is 0 Å². The van der Waals surface area contributed by atoms with Gasteiger partial charge in [0.2, 0.25) is 0 Å². The molecular formula is C13H17FN2O2. The third-order valence-corrected chi connectivity index (χ3v) is 3.36. The van der Waals surface area contributed by atoms with Crippen LogP contribution in [-0.4, -0.2) is 37.9 Å². The summed E-state index contributed by atoms with van der Waals surface area (Å²) < 4.78 is 24.3. The van der Waals surface area contributed by atoms with Crippen LogP contribution in [0.1, 0.15) is 11.1 Å². The fraction of sp³-hybridized carbons (Fsp3) is 0.538. The van der Waals surface area contributed by atoms with E-state index >= 15 is 0 Å². The Labute approximate surface area is 106 Å². The number of ether oxygens (including phenoxy) is 2. The fourth-order valence-corrected chi connectivity index (χ4v) is 2.48. The van der Waals surface area contributed by atoms with E-state index in [1.807, 2.05) is 0 Å². The summed E-state index contributed by atoms with van der Waals surface area (Å²) in [6.45, 7) is 5.38. The lowest BCUT2D eigenvalue weighted by atomic mass is 10.1. The third-order valence-electron chi connectivity index (χ3n) is 3.36. The molecule has 98 valence electrons. The van der Waals surface area contributed by atoms with Crippen LogP contribution in [0.4, 0.5) is 4.39 Å². The first-order valence-corrected chi connectivity index (χ1v) is 6.28. The number of hydrogen-bond donors (Lipinski definition) is 1. The van der Waals surface area contributed by atoms with Crippen molar-refractivity contribution < 1.29 is 13.9 Å². The number of piperazine rings is 1. The van der Waals surface area contributed by atoms with Crippen LogP contribution < -0.4 is 10.1 Å². The van der Waals surface area contributed by atoms with E-state index in [-0.39, 0.29) is 12.6 Å². The molecule has 1 N–H and O–H groups in total. The summed E-state index contributed by atoms with van der Waals surface area (Å²) in [5.74, 6) is 0.592. The molecule has 1 fully saturated rings. The van der Waals surface area contributed by atoms with E-state index in [1.54, 1.807) is 6.07 Å². The van der Waals surface area contributed by atoms with E-state index < -0.39 is 0 Å². The summed E-state index contributed by atoms with van der Waals surface area (Å²) in [5.41, 5.74) is 1.74. The molecule has 0 bridgehead atoms. The molecular weight excluding hydrogens is 235 g/mol. The number of halogens is 1. The lowest BCUT2D eigenvalue weighted by molar-refractivity contribution is -0.0177. The van der Waals surface area contributed by atoms with E-state index in [4.69, 9.17) is 9.47 Å². The molecule has 0 atom stereocenters. The Balaban J connectivity index is 1.83. The van der Waals surface area contributed by atoms with Crippen molar-refractivity contribution in [3.05, 3.63) is 29.1 Å². The van der Waals surface area contributed by atoms with Gasteiger partial charge in [0.15, 0.2) is 6.79 Å². The molecule has 0 aromatic heterocycles. The van der Waals surface area contributed by atoms with Crippen molar-refractivity contribution in [2.24, 2.45) is 0 Å². The van der Waals surface area contributed by atoms with Crippen molar-refractivity contribution in [3.8, 4) is 5.75 Å². The van der Waals surface area contributed by atoms with Crippen LogP contribution in [0.5, 0.6) is 5.75 Å². The molecule has 5 heteroatoms. The molecule has 18 heavy (non-hydrogen) atoms. The molecule has 0 radical (unpaired) electrons. The average Bonchev–Trinajstić information content (AvgIpc) is 2.40. The van der Waals surface area contributed by atoms with Crippen LogP contribution in [0.2, 0.25) is 0 Å². The summed E-state index contributed by atoms with van der Waals surface area (Å²) in [5, 5.41) is 3.31. The van der Waals surface area contributed by atoms with Crippen molar-refractivity contribution in [1.29, 1.82) is 0 Å². The summed E-state index contributed by atoms with van der Waals surface area (Å²) in [6.07, 6.45) is 0. The van der Waals surface area contributed by atoms with Crippen LogP contribution in [0.3, 0.4) is 0 Å². The second kappa shape index (κ2) is 5.22. The fourth-order valence-electron chi connectivity index (χ4n) is 2.48. The minimum absolute atomic E-state index is 0.215. The number of rotatable bonds is 2. The highest BCUT2D eigenvalue weighted by atomic mass is 19.1. The van der Waals surface area contributed by atoms with Crippen LogP contribution in [0, 0.1) is 5.82 Å². The van der Waals surface area contributed by atoms with Gasteiger partial charge in [-0.25, -0.2) is 4.39 Å². The zero-order chi connectivity index (χ0) is 12.4. The maximum atomic E-state index is 13.6.